The molecule has 2 aliphatic rings. The van der Waals surface area contributed by atoms with Gasteiger partial charge in [-0.1, -0.05) is 29.8 Å². The molecule has 0 aliphatic carbocycles. The Morgan fingerprint density at radius 2 is 1.76 bits per heavy atom. The third kappa shape index (κ3) is 5.48. The van der Waals surface area contributed by atoms with Gasteiger partial charge in [-0.05, 0) is 51.2 Å². The quantitative estimate of drug-likeness (QED) is 0.618. The minimum absolute atomic E-state index is 0.0719. The zero-order chi connectivity index (χ0) is 23.4. The number of amides is 1. The summed E-state index contributed by atoms with van der Waals surface area (Å²) >= 11 is 0. The lowest BCUT2D eigenvalue weighted by atomic mass is 10.2. The van der Waals surface area contributed by atoms with Gasteiger partial charge in [0.2, 0.25) is 0 Å². The maximum Gasteiger partial charge on any atom is 0.264 e. The van der Waals surface area contributed by atoms with Gasteiger partial charge in [0.25, 0.3) is 15.9 Å². The van der Waals surface area contributed by atoms with Gasteiger partial charge in [0, 0.05) is 32.7 Å². The van der Waals surface area contributed by atoms with Crippen LogP contribution in [0.15, 0.2) is 53.4 Å². The highest BCUT2D eigenvalue weighted by atomic mass is 32.2. The summed E-state index contributed by atoms with van der Waals surface area (Å²) in [6.07, 6.45) is -0.0757. The Morgan fingerprint density at radius 3 is 2.48 bits per heavy atom. The van der Waals surface area contributed by atoms with E-state index in [2.05, 4.69) is 22.2 Å². The average Bonchev–Trinajstić information content (AvgIpc) is 2.82. The van der Waals surface area contributed by atoms with Gasteiger partial charge in [-0.3, -0.25) is 9.10 Å². The fourth-order valence-corrected chi connectivity index (χ4v) is 5.58. The van der Waals surface area contributed by atoms with Gasteiger partial charge in [0.15, 0.2) is 6.10 Å². The lowest BCUT2D eigenvalue weighted by Crippen LogP contribution is -2.51. The molecule has 0 saturated carbocycles. The fraction of sp³-hybridized carbons (Fsp3) is 0.458. The van der Waals surface area contributed by atoms with Gasteiger partial charge in [0.05, 0.1) is 17.1 Å². The summed E-state index contributed by atoms with van der Waals surface area (Å²) in [6, 6.07) is 13.6. The van der Waals surface area contributed by atoms with Crippen LogP contribution >= 0.6 is 0 Å². The van der Waals surface area contributed by atoms with Crippen LogP contribution in [0.5, 0.6) is 5.75 Å². The highest BCUT2D eigenvalue weighted by Gasteiger charge is 2.37. The number of likely N-dealkylation sites (N-methyl/N-ethyl adjacent to an activating group) is 1. The Labute approximate surface area is 196 Å². The van der Waals surface area contributed by atoms with Gasteiger partial charge in [-0.2, -0.15) is 0 Å². The van der Waals surface area contributed by atoms with Gasteiger partial charge in [0.1, 0.15) is 5.75 Å². The number of anilines is 1. The number of nitrogens with zero attached hydrogens (tertiary/aromatic N) is 3. The van der Waals surface area contributed by atoms with Crippen LogP contribution in [0.1, 0.15) is 12.0 Å². The summed E-state index contributed by atoms with van der Waals surface area (Å²) in [7, 11) is -1.71. The number of fused-ring (bicyclic) bond motifs is 1. The minimum Gasteiger partial charge on any atom is -0.476 e. The van der Waals surface area contributed by atoms with Crippen molar-refractivity contribution in [2.45, 2.75) is 24.3 Å². The molecular weight excluding hydrogens is 440 g/mol. The largest absolute Gasteiger partial charge is 0.476 e. The van der Waals surface area contributed by atoms with Crippen LogP contribution in [0.25, 0.3) is 0 Å². The van der Waals surface area contributed by atoms with Crippen LogP contribution < -0.4 is 14.4 Å². The molecule has 1 N–H and O–H groups in total. The lowest BCUT2D eigenvalue weighted by molar-refractivity contribution is -0.127. The molecule has 1 atom stereocenters. The van der Waals surface area contributed by atoms with Crippen LogP contribution in [0.4, 0.5) is 5.69 Å². The standard InChI is InChI=1S/C24H32N4O4S/c1-19-8-10-20(11-9-19)33(30,31)28-18-23(32-22-7-4-3-6-21(22)28)24(29)25-12-5-13-27-16-14-26(2)15-17-27/h3-4,6-11,23H,5,12-18H2,1-2H3,(H,25,29)/t23-/m0/s1. The van der Waals surface area contributed by atoms with Gasteiger partial charge in [-0.15, -0.1) is 0 Å². The number of piperazine rings is 1. The Balaban J connectivity index is 1.41. The van der Waals surface area contributed by atoms with Crippen LogP contribution in [0.2, 0.25) is 0 Å². The number of benzene rings is 2. The summed E-state index contributed by atoms with van der Waals surface area (Å²) < 4.78 is 34.0. The minimum atomic E-state index is -3.84. The van der Waals surface area contributed by atoms with E-state index >= 15 is 0 Å². The first-order valence-corrected chi connectivity index (χ1v) is 12.8. The second-order valence-corrected chi connectivity index (χ2v) is 10.6. The summed E-state index contributed by atoms with van der Waals surface area (Å²) in [4.78, 5) is 17.8. The second kappa shape index (κ2) is 10.1. The number of carbonyl (C=O) groups excluding carboxylic acids is 1. The summed E-state index contributed by atoms with van der Waals surface area (Å²) in [5.41, 5.74) is 1.42. The predicted molar refractivity (Wildman–Crippen MR) is 128 cm³/mol. The van der Waals surface area contributed by atoms with E-state index in [0.717, 1.165) is 44.7 Å². The molecule has 0 aromatic heterocycles. The molecular formula is C24H32N4O4S. The van der Waals surface area contributed by atoms with Crippen molar-refractivity contribution in [3.8, 4) is 5.75 Å². The predicted octanol–water partition coefficient (Wildman–Crippen LogP) is 1.71. The summed E-state index contributed by atoms with van der Waals surface area (Å²) in [6.45, 7) is 7.49. The van der Waals surface area contributed by atoms with E-state index in [1.54, 1.807) is 48.5 Å². The molecule has 178 valence electrons. The van der Waals surface area contributed by atoms with Crippen LogP contribution in [-0.2, 0) is 14.8 Å². The topological polar surface area (TPSA) is 82.2 Å². The zero-order valence-corrected chi connectivity index (χ0v) is 20.1. The van der Waals surface area contributed by atoms with Crippen molar-refractivity contribution < 1.29 is 17.9 Å². The Kier molecular flexibility index (Phi) is 7.21. The molecule has 0 radical (unpaired) electrons. The Bertz CT molecular complexity index is 1070. The molecule has 2 heterocycles. The van der Waals surface area contributed by atoms with Crippen molar-refractivity contribution in [1.82, 2.24) is 15.1 Å². The normalized spacial score (nSPS) is 19.6. The maximum atomic E-state index is 13.4. The number of ether oxygens (including phenoxy) is 1. The number of aryl methyl sites for hydroxylation is 1. The van der Waals surface area contributed by atoms with Crippen molar-refractivity contribution >= 4 is 21.6 Å². The molecule has 1 fully saturated rings. The van der Waals surface area contributed by atoms with Crippen LogP contribution in [0, 0.1) is 6.92 Å². The van der Waals surface area contributed by atoms with Gasteiger partial charge >= 0.3 is 0 Å². The SMILES string of the molecule is Cc1ccc(S(=O)(=O)N2C[C@@H](C(=O)NCCCN3CCN(C)CC3)Oc3ccccc32)cc1. The number of nitrogens with one attached hydrogen (secondary N) is 1. The smallest absolute Gasteiger partial charge is 0.264 e. The van der Waals surface area contributed by atoms with Crippen molar-refractivity contribution in [2.75, 3.05) is 57.2 Å². The molecule has 0 spiro atoms. The molecule has 0 unspecified atom stereocenters. The number of carbonyl (C=O) groups is 1. The van der Waals surface area contributed by atoms with Gasteiger partial charge in [-0.25, -0.2) is 8.42 Å². The van der Waals surface area contributed by atoms with E-state index in [4.69, 9.17) is 4.74 Å². The number of sulfonamides is 1. The molecule has 4 rings (SSSR count). The van der Waals surface area contributed by atoms with Crippen molar-refractivity contribution in [2.24, 2.45) is 0 Å². The number of rotatable bonds is 7. The fourth-order valence-electron chi connectivity index (χ4n) is 4.10. The van der Waals surface area contributed by atoms with Gasteiger partial charge < -0.3 is 19.9 Å². The third-order valence-corrected chi connectivity index (χ3v) is 7.98. The highest BCUT2D eigenvalue weighted by Crippen LogP contribution is 2.36. The number of hydrogen-bond acceptors (Lipinski definition) is 6. The number of hydrogen-bond donors (Lipinski definition) is 1. The molecule has 1 saturated heterocycles. The second-order valence-electron chi connectivity index (χ2n) is 8.71. The molecule has 9 heteroatoms. The van der Waals surface area contributed by atoms with Crippen molar-refractivity contribution in [1.29, 1.82) is 0 Å². The van der Waals surface area contributed by atoms with E-state index in [-0.39, 0.29) is 17.3 Å². The van der Waals surface area contributed by atoms with E-state index in [0.29, 0.717) is 18.0 Å². The summed E-state index contributed by atoms with van der Waals surface area (Å²) in [5, 5.41) is 2.93. The van der Waals surface area contributed by atoms with E-state index in [1.807, 2.05) is 6.92 Å². The van der Waals surface area contributed by atoms with E-state index < -0.39 is 16.1 Å². The molecule has 33 heavy (non-hydrogen) atoms. The zero-order valence-electron chi connectivity index (χ0n) is 19.2. The maximum absolute atomic E-state index is 13.4. The first-order valence-electron chi connectivity index (χ1n) is 11.4. The first-order chi connectivity index (χ1) is 15.8. The highest BCUT2D eigenvalue weighted by molar-refractivity contribution is 7.92. The third-order valence-electron chi connectivity index (χ3n) is 6.18. The lowest BCUT2D eigenvalue weighted by Gasteiger charge is -2.35. The Morgan fingerprint density at radius 1 is 1.06 bits per heavy atom. The van der Waals surface area contributed by atoms with E-state index in [1.165, 1.54) is 4.31 Å². The first kappa shape index (κ1) is 23.5. The van der Waals surface area contributed by atoms with Crippen LogP contribution in [0.3, 0.4) is 0 Å². The molecule has 2 aromatic carbocycles. The van der Waals surface area contributed by atoms with Crippen molar-refractivity contribution in [3.63, 3.8) is 0 Å². The van der Waals surface area contributed by atoms with E-state index in [9.17, 15) is 13.2 Å². The molecule has 8 nitrogen and oxygen atoms in total. The average molecular weight is 473 g/mol. The monoisotopic (exact) mass is 472 g/mol. The molecule has 2 aliphatic heterocycles. The number of para-hydroxylation sites is 2. The molecule has 1 amide bonds. The molecule has 2 aromatic rings. The molecule has 0 bridgehead atoms. The Hall–Kier alpha value is -2.62. The summed E-state index contributed by atoms with van der Waals surface area (Å²) in [5.74, 6) is 0.0870. The van der Waals surface area contributed by atoms with Crippen LogP contribution in [-0.4, -0.2) is 83.1 Å². The van der Waals surface area contributed by atoms with Crippen molar-refractivity contribution in [3.05, 3.63) is 54.1 Å².